The summed E-state index contributed by atoms with van der Waals surface area (Å²) in [6.07, 6.45) is 0.384. The number of carbonyl (C=O) groups is 2. The second kappa shape index (κ2) is 7.06. The van der Waals surface area contributed by atoms with E-state index in [2.05, 4.69) is 10.1 Å². The Hall–Kier alpha value is -1.49. The van der Waals surface area contributed by atoms with E-state index in [1.807, 2.05) is 31.2 Å². The molecule has 0 saturated heterocycles. The number of ether oxygens (including phenoxy) is 1. The van der Waals surface area contributed by atoms with Crippen LogP contribution in [0.3, 0.4) is 0 Å². The summed E-state index contributed by atoms with van der Waals surface area (Å²) in [5, 5.41) is 2.86. The zero-order valence-corrected chi connectivity index (χ0v) is 11.5. The fraction of sp³-hybridized carbons (Fsp3) is 0.385. The lowest BCUT2D eigenvalue weighted by Crippen LogP contribution is -2.08. The summed E-state index contributed by atoms with van der Waals surface area (Å²) in [6.45, 7) is 3.45. The lowest BCUT2D eigenvalue weighted by Gasteiger charge is -2.10. The molecule has 0 fully saturated rings. The maximum Gasteiger partial charge on any atom is 0.306 e. The Morgan fingerprint density at radius 1 is 1.33 bits per heavy atom. The Balaban J connectivity index is 2.52. The molecule has 0 bridgehead atoms. The quantitative estimate of drug-likeness (QED) is 0.658. The van der Waals surface area contributed by atoms with E-state index in [4.69, 9.17) is 0 Å². The summed E-state index contributed by atoms with van der Waals surface area (Å²) < 4.78 is 4.62. The van der Waals surface area contributed by atoms with Crippen LogP contribution in [0, 0.1) is 0 Å². The molecule has 98 valence electrons. The first-order valence-electron chi connectivity index (χ1n) is 5.62. The molecule has 1 aromatic carbocycles. The Morgan fingerprint density at radius 2 is 1.94 bits per heavy atom. The molecule has 0 heterocycles. The van der Waals surface area contributed by atoms with Crippen molar-refractivity contribution in [2.24, 2.45) is 0 Å². The van der Waals surface area contributed by atoms with Gasteiger partial charge in [0.1, 0.15) is 0 Å². The molecule has 0 aliphatic heterocycles. The van der Waals surface area contributed by atoms with Gasteiger partial charge in [-0.2, -0.15) is 0 Å². The van der Waals surface area contributed by atoms with E-state index in [0.717, 1.165) is 10.6 Å². The smallest absolute Gasteiger partial charge is 0.306 e. The van der Waals surface area contributed by atoms with Crippen molar-refractivity contribution < 1.29 is 14.3 Å². The number of anilines is 1. The molecule has 0 aromatic heterocycles. The molecule has 1 N–H and O–H groups in total. The van der Waals surface area contributed by atoms with E-state index in [0.29, 0.717) is 6.42 Å². The van der Waals surface area contributed by atoms with Gasteiger partial charge in [0.15, 0.2) is 0 Å². The van der Waals surface area contributed by atoms with Crippen LogP contribution >= 0.6 is 11.8 Å². The molecule has 0 radical (unpaired) electrons. The molecule has 1 unspecified atom stereocenters. The van der Waals surface area contributed by atoms with Gasteiger partial charge in [-0.3, -0.25) is 9.59 Å². The van der Waals surface area contributed by atoms with Crippen LogP contribution in [0.5, 0.6) is 0 Å². The van der Waals surface area contributed by atoms with Crippen molar-refractivity contribution in [2.45, 2.75) is 30.4 Å². The lowest BCUT2D eigenvalue weighted by atomic mass is 10.3. The highest BCUT2D eigenvalue weighted by Crippen LogP contribution is 2.26. The third-order valence-corrected chi connectivity index (χ3v) is 3.31. The lowest BCUT2D eigenvalue weighted by molar-refractivity contribution is -0.140. The second-order valence-corrected chi connectivity index (χ2v) is 5.43. The molecule has 5 heteroatoms. The minimum Gasteiger partial charge on any atom is -0.469 e. The van der Waals surface area contributed by atoms with Crippen molar-refractivity contribution in [3.8, 4) is 0 Å². The maximum atomic E-state index is 11.1. The summed E-state index contributed by atoms with van der Waals surface area (Å²) in [5.74, 6) is -0.292. The summed E-state index contributed by atoms with van der Waals surface area (Å²) in [7, 11) is 1.39. The van der Waals surface area contributed by atoms with Gasteiger partial charge in [0.2, 0.25) is 5.91 Å². The highest BCUT2D eigenvalue weighted by molar-refractivity contribution is 8.00. The van der Waals surface area contributed by atoms with Crippen LogP contribution in [0.25, 0.3) is 0 Å². The van der Waals surface area contributed by atoms with Gasteiger partial charge in [-0.1, -0.05) is 6.92 Å². The Kier molecular flexibility index (Phi) is 5.71. The fourth-order valence-electron chi connectivity index (χ4n) is 1.41. The van der Waals surface area contributed by atoms with Gasteiger partial charge in [-0.15, -0.1) is 11.8 Å². The topological polar surface area (TPSA) is 55.4 Å². The first-order chi connectivity index (χ1) is 8.51. The SMILES string of the molecule is COC(=O)CC(C)Sc1ccc(NC(C)=O)cc1. The average molecular weight is 267 g/mol. The molecular weight excluding hydrogens is 250 g/mol. The zero-order chi connectivity index (χ0) is 13.5. The third-order valence-electron chi connectivity index (χ3n) is 2.19. The van der Waals surface area contributed by atoms with Crippen molar-refractivity contribution in [1.29, 1.82) is 0 Å². The highest BCUT2D eigenvalue weighted by atomic mass is 32.2. The van der Waals surface area contributed by atoms with Crippen LogP contribution < -0.4 is 5.32 Å². The molecule has 1 rings (SSSR count). The normalized spacial score (nSPS) is 11.7. The summed E-state index contributed by atoms with van der Waals surface area (Å²) in [5.41, 5.74) is 0.771. The monoisotopic (exact) mass is 267 g/mol. The van der Waals surface area contributed by atoms with Gasteiger partial charge in [0.25, 0.3) is 0 Å². The van der Waals surface area contributed by atoms with Gasteiger partial charge in [-0.25, -0.2) is 0 Å². The standard InChI is InChI=1S/C13H17NO3S/c1-9(8-13(16)17-3)18-12-6-4-11(5-7-12)14-10(2)15/h4-7,9H,8H2,1-3H3,(H,14,15). The number of hydrogen-bond donors (Lipinski definition) is 1. The van der Waals surface area contributed by atoms with E-state index >= 15 is 0 Å². The van der Waals surface area contributed by atoms with Gasteiger partial charge in [0.05, 0.1) is 13.5 Å². The first-order valence-corrected chi connectivity index (χ1v) is 6.50. The van der Waals surface area contributed by atoms with Crippen molar-refractivity contribution >= 4 is 29.3 Å². The third kappa shape index (κ3) is 5.23. The van der Waals surface area contributed by atoms with Crippen LogP contribution in [0.4, 0.5) is 5.69 Å². The number of amides is 1. The molecule has 1 amide bonds. The number of carbonyl (C=O) groups excluding carboxylic acids is 2. The summed E-state index contributed by atoms with van der Waals surface area (Å²) >= 11 is 1.60. The number of nitrogens with one attached hydrogen (secondary N) is 1. The largest absolute Gasteiger partial charge is 0.469 e. The van der Waals surface area contributed by atoms with Crippen LogP contribution in [0.2, 0.25) is 0 Å². The van der Waals surface area contributed by atoms with Crippen molar-refractivity contribution in [2.75, 3.05) is 12.4 Å². The van der Waals surface area contributed by atoms with Crippen LogP contribution in [-0.4, -0.2) is 24.2 Å². The highest BCUT2D eigenvalue weighted by Gasteiger charge is 2.10. The Labute approximate surface area is 111 Å². The second-order valence-electron chi connectivity index (χ2n) is 3.91. The average Bonchev–Trinajstić information content (AvgIpc) is 2.30. The van der Waals surface area contributed by atoms with Gasteiger partial charge in [-0.05, 0) is 24.3 Å². The van der Waals surface area contributed by atoms with E-state index in [9.17, 15) is 9.59 Å². The van der Waals surface area contributed by atoms with E-state index in [1.54, 1.807) is 11.8 Å². The molecule has 0 aliphatic carbocycles. The van der Waals surface area contributed by atoms with Crippen molar-refractivity contribution in [1.82, 2.24) is 0 Å². The predicted molar refractivity (Wildman–Crippen MR) is 72.7 cm³/mol. The zero-order valence-electron chi connectivity index (χ0n) is 10.7. The minimum atomic E-state index is -0.204. The van der Waals surface area contributed by atoms with E-state index in [1.165, 1.54) is 14.0 Å². The summed E-state index contributed by atoms with van der Waals surface area (Å²) in [6, 6.07) is 7.52. The number of benzene rings is 1. The van der Waals surface area contributed by atoms with Gasteiger partial charge in [0, 0.05) is 22.8 Å². The van der Waals surface area contributed by atoms with Gasteiger partial charge < -0.3 is 10.1 Å². The van der Waals surface area contributed by atoms with Crippen LogP contribution in [-0.2, 0) is 14.3 Å². The minimum absolute atomic E-state index is 0.0885. The molecule has 4 nitrogen and oxygen atoms in total. The molecule has 18 heavy (non-hydrogen) atoms. The number of methoxy groups -OCH3 is 1. The van der Waals surface area contributed by atoms with Crippen molar-refractivity contribution in [3.05, 3.63) is 24.3 Å². The molecule has 0 aliphatic rings. The predicted octanol–water partition coefficient (Wildman–Crippen LogP) is 2.69. The van der Waals surface area contributed by atoms with E-state index in [-0.39, 0.29) is 17.1 Å². The maximum absolute atomic E-state index is 11.1. The summed E-state index contributed by atoms with van der Waals surface area (Å²) in [4.78, 5) is 23.0. The molecule has 1 atom stereocenters. The van der Waals surface area contributed by atoms with Crippen LogP contribution in [0.1, 0.15) is 20.3 Å². The number of thioether (sulfide) groups is 1. The number of esters is 1. The van der Waals surface area contributed by atoms with E-state index < -0.39 is 0 Å². The molecule has 0 spiro atoms. The molecular formula is C13H17NO3S. The fourth-order valence-corrected chi connectivity index (χ4v) is 2.39. The van der Waals surface area contributed by atoms with Crippen LogP contribution in [0.15, 0.2) is 29.2 Å². The first kappa shape index (κ1) is 14.6. The van der Waals surface area contributed by atoms with Gasteiger partial charge >= 0.3 is 5.97 Å². The Bertz CT molecular complexity index is 417. The molecule has 1 aromatic rings. The van der Waals surface area contributed by atoms with Crippen molar-refractivity contribution in [3.63, 3.8) is 0 Å². The Morgan fingerprint density at radius 3 is 2.44 bits per heavy atom. The number of hydrogen-bond acceptors (Lipinski definition) is 4. The number of rotatable bonds is 5. The molecule has 0 saturated carbocycles.